The second kappa shape index (κ2) is 8.18. The van der Waals surface area contributed by atoms with Gasteiger partial charge in [0.05, 0.1) is 6.04 Å². The van der Waals surface area contributed by atoms with Crippen molar-refractivity contribution in [1.29, 1.82) is 0 Å². The summed E-state index contributed by atoms with van der Waals surface area (Å²) in [4.78, 5) is 12.0. The Labute approximate surface area is 121 Å². The fourth-order valence-corrected chi connectivity index (χ4v) is 2.41. The summed E-state index contributed by atoms with van der Waals surface area (Å²) in [7, 11) is 0. The molecule has 1 aliphatic rings. The van der Waals surface area contributed by atoms with E-state index in [-0.39, 0.29) is 30.4 Å². The smallest absolute Gasteiger partial charge is 0.237 e. The standard InChI is InChI=1S/C15H22N2O.ClH/c1-2-13(11-12-7-4-3-5-8-12)17-15(18)14-9-6-10-16-14;/h3-5,7-8,13-14,16H,2,6,9-11H2,1H3,(H,17,18);1H. The molecule has 0 saturated carbocycles. The van der Waals surface area contributed by atoms with Crippen LogP contribution in [0.2, 0.25) is 0 Å². The molecule has 2 rings (SSSR count). The third kappa shape index (κ3) is 4.84. The molecule has 1 fully saturated rings. The van der Waals surface area contributed by atoms with Gasteiger partial charge in [-0.1, -0.05) is 37.3 Å². The number of hydrogen-bond donors (Lipinski definition) is 2. The molecule has 0 aromatic heterocycles. The first-order valence-corrected chi connectivity index (χ1v) is 6.87. The van der Waals surface area contributed by atoms with E-state index in [0.717, 1.165) is 32.2 Å². The van der Waals surface area contributed by atoms with Gasteiger partial charge in [0.15, 0.2) is 0 Å². The summed E-state index contributed by atoms with van der Waals surface area (Å²) in [6.07, 6.45) is 3.95. The number of carbonyl (C=O) groups excluding carboxylic acids is 1. The largest absolute Gasteiger partial charge is 0.352 e. The van der Waals surface area contributed by atoms with E-state index in [1.165, 1.54) is 5.56 Å². The van der Waals surface area contributed by atoms with E-state index < -0.39 is 0 Å². The zero-order chi connectivity index (χ0) is 12.8. The van der Waals surface area contributed by atoms with Crippen molar-refractivity contribution in [2.75, 3.05) is 6.54 Å². The van der Waals surface area contributed by atoms with Gasteiger partial charge in [-0.05, 0) is 37.8 Å². The van der Waals surface area contributed by atoms with Crippen LogP contribution in [-0.4, -0.2) is 24.5 Å². The molecule has 3 nitrogen and oxygen atoms in total. The van der Waals surface area contributed by atoms with Crippen LogP contribution in [0.4, 0.5) is 0 Å². The molecule has 2 N–H and O–H groups in total. The predicted octanol–water partition coefficient (Wildman–Crippen LogP) is 2.30. The Morgan fingerprint density at radius 2 is 2.16 bits per heavy atom. The second-order valence-electron chi connectivity index (χ2n) is 4.95. The third-order valence-corrected chi connectivity index (χ3v) is 3.54. The van der Waals surface area contributed by atoms with Gasteiger partial charge in [-0.25, -0.2) is 0 Å². The van der Waals surface area contributed by atoms with Crippen LogP contribution < -0.4 is 10.6 Å². The summed E-state index contributed by atoms with van der Waals surface area (Å²) in [5, 5.41) is 6.39. The molecule has 2 atom stereocenters. The van der Waals surface area contributed by atoms with Crippen LogP contribution in [0.15, 0.2) is 30.3 Å². The molecule has 1 aromatic carbocycles. The lowest BCUT2D eigenvalue weighted by molar-refractivity contribution is -0.123. The SMILES string of the molecule is CCC(Cc1ccccc1)NC(=O)C1CCCN1.Cl. The Morgan fingerprint density at radius 3 is 2.74 bits per heavy atom. The minimum Gasteiger partial charge on any atom is -0.352 e. The van der Waals surface area contributed by atoms with E-state index >= 15 is 0 Å². The van der Waals surface area contributed by atoms with Crippen molar-refractivity contribution in [3.63, 3.8) is 0 Å². The molecule has 1 heterocycles. The van der Waals surface area contributed by atoms with Crippen molar-refractivity contribution in [2.45, 2.75) is 44.7 Å². The Morgan fingerprint density at radius 1 is 1.42 bits per heavy atom. The maximum absolute atomic E-state index is 12.0. The first kappa shape index (κ1) is 16.0. The van der Waals surface area contributed by atoms with Crippen molar-refractivity contribution >= 4 is 18.3 Å². The minimum absolute atomic E-state index is 0. The highest BCUT2D eigenvalue weighted by Crippen LogP contribution is 2.08. The molecule has 4 heteroatoms. The van der Waals surface area contributed by atoms with Crippen molar-refractivity contribution in [3.8, 4) is 0 Å². The first-order valence-electron chi connectivity index (χ1n) is 6.87. The van der Waals surface area contributed by atoms with Crippen LogP contribution in [0, 0.1) is 0 Å². The van der Waals surface area contributed by atoms with E-state index in [1.54, 1.807) is 0 Å². The van der Waals surface area contributed by atoms with Crippen LogP contribution in [-0.2, 0) is 11.2 Å². The molecule has 1 saturated heterocycles. The Balaban J connectivity index is 0.00000180. The normalized spacial score (nSPS) is 19.5. The lowest BCUT2D eigenvalue weighted by Gasteiger charge is -2.19. The molecule has 1 aliphatic heterocycles. The van der Waals surface area contributed by atoms with Crippen molar-refractivity contribution in [1.82, 2.24) is 10.6 Å². The fourth-order valence-electron chi connectivity index (χ4n) is 2.41. The lowest BCUT2D eigenvalue weighted by atomic mass is 10.0. The zero-order valence-electron chi connectivity index (χ0n) is 11.4. The van der Waals surface area contributed by atoms with E-state index in [1.807, 2.05) is 18.2 Å². The third-order valence-electron chi connectivity index (χ3n) is 3.54. The van der Waals surface area contributed by atoms with Gasteiger partial charge in [0.1, 0.15) is 0 Å². The molecule has 0 radical (unpaired) electrons. The van der Waals surface area contributed by atoms with E-state index in [9.17, 15) is 4.79 Å². The second-order valence-corrected chi connectivity index (χ2v) is 4.95. The monoisotopic (exact) mass is 282 g/mol. The molecule has 0 spiro atoms. The van der Waals surface area contributed by atoms with Gasteiger partial charge in [0.2, 0.25) is 5.91 Å². The highest BCUT2D eigenvalue weighted by molar-refractivity contribution is 5.85. The molecular formula is C15H23ClN2O. The topological polar surface area (TPSA) is 41.1 Å². The van der Waals surface area contributed by atoms with E-state index in [2.05, 4.69) is 29.7 Å². The fraction of sp³-hybridized carbons (Fsp3) is 0.533. The predicted molar refractivity (Wildman–Crippen MR) is 80.6 cm³/mol. The van der Waals surface area contributed by atoms with Gasteiger partial charge in [-0.15, -0.1) is 12.4 Å². The number of amides is 1. The van der Waals surface area contributed by atoms with Gasteiger partial charge in [0.25, 0.3) is 0 Å². The molecule has 19 heavy (non-hydrogen) atoms. The van der Waals surface area contributed by atoms with Crippen molar-refractivity contribution in [2.24, 2.45) is 0 Å². The molecule has 106 valence electrons. The van der Waals surface area contributed by atoms with Crippen LogP contribution in [0.3, 0.4) is 0 Å². The molecule has 1 amide bonds. The highest BCUT2D eigenvalue weighted by atomic mass is 35.5. The van der Waals surface area contributed by atoms with Crippen LogP contribution in [0.5, 0.6) is 0 Å². The van der Waals surface area contributed by atoms with Crippen LogP contribution in [0.1, 0.15) is 31.7 Å². The number of benzene rings is 1. The summed E-state index contributed by atoms with van der Waals surface area (Å²) < 4.78 is 0. The lowest BCUT2D eigenvalue weighted by Crippen LogP contribution is -2.45. The van der Waals surface area contributed by atoms with Crippen LogP contribution >= 0.6 is 12.4 Å². The zero-order valence-corrected chi connectivity index (χ0v) is 12.2. The number of nitrogens with one attached hydrogen (secondary N) is 2. The van der Waals surface area contributed by atoms with E-state index in [4.69, 9.17) is 0 Å². The molecule has 0 aliphatic carbocycles. The van der Waals surface area contributed by atoms with Gasteiger partial charge in [0, 0.05) is 6.04 Å². The average Bonchev–Trinajstić information content (AvgIpc) is 2.93. The number of rotatable bonds is 5. The van der Waals surface area contributed by atoms with Crippen LogP contribution in [0.25, 0.3) is 0 Å². The van der Waals surface area contributed by atoms with Gasteiger partial charge >= 0.3 is 0 Å². The Kier molecular flexibility index (Phi) is 6.89. The summed E-state index contributed by atoms with van der Waals surface area (Å²) >= 11 is 0. The summed E-state index contributed by atoms with van der Waals surface area (Å²) in [5.74, 6) is 0.162. The van der Waals surface area contributed by atoms with Crippen molar-refractivity contribution in [3.05, 3.63) is 35.9 Å². The van der Waals surface area contributed by atoms with Gasteiger partial charge in [-0.3, -0.25) is 4.79 Å². The molecule has 2 unspecified atom stereocenters. The first-order chi connectivity index (χ1) is 8.79. The number of carbonyl (C=O) groups is 1. The maximum atomic E-state index is 12.0. The minimum atomic E-state index is 0. The number of hydrogen-bond acceptors (Lipinski definition) is 2. The molecule has 0 bridgehead atoms. The number of halogens is 1. The Bertz CT molecular complexity index is 377. The quantitative estimate of drug-likeness (QED) is 0.870. The Hall–Kier alpha value is -1.06. The molecular weight excluding hydrogens is 260 g/mol. The summed E-state index contributed by atoms with van der Waals surface area (Å²) in [6.45, 7) is 3.09. The summed E-state index contributed by atoms with van der Waals surface area (Å²) in [5.41, 5.74) is 1.28. The van der Waals surface area contributed by atoms with Gasteiger partial charge in [-0.2, -0.15) is 0 Å². The van der Waals surface area contributed by atoms with Gasteiger partial charge < -0.3 is 10.6 Å². The van der Waals surface area contributed by atoms with Crippen molar-refractivity contribution < 1.29 is 4.79 Å². The molecule has 1 aromatic rings. The maximum Gasteiger partial charge on any atom is 0.237 e. The summed E-state index contributed by atoms with van der Waals surface area (Å²) in [6, 6.07) is 10.6. The van der Waals surface area contributed by atoms with E-state index in [0.29, 0.717) is 0 Å². The highest BCUT2D eigenvalue weighted by Gasteiger charge is 2.23. The average molecular weight is 283 g/mol.